The topological polar surface area (TPSA) is 41.1 Å². The van der Waals surface area contributed by atoms with Crippen LogP contribution in [0.5, 0.6) is 0 Å². The highest BCUT2D eigenvalue weighted by Gasteiger charge is 2.11. The Morgan fingerprint density at radius 2 is 1.77 bits per heavy atom. The molecular formula is C15H12Cl2F2N2O. The number of nitrogens with one attached hydrogen (secondary N) is 2. The number of hydrogen-bond acceptors (Lipinski definition) is 2. The molecule has 0 atom stereocenters. The maximum absolute atomic E-state index is 13.4. The lowest BCUT2D eigenvalue weighted by molar-refractivity contribution is -0.116. The van der Waals surface area contributed by atoms with Gasteiger partial charge in [-0.3, -0.25) is 4.79 Å². The average molecular weight is 345 g/mol. The summed E-state index contributed by atoms with van der Waals surface area (Å²) in [5.74, 6) is -2.16. The molecule has 0 aliphatic heterocycles. The van der Waals surface area contributed by atoms with Gasteiger partial charge in [0.1, 0.15) is 17.3 Å². The van der Waals surface area contributed by atoms with E-state index in [0.717, 1.165) is 12.1 Å². The van der Waals surface area contributed by atoms with E-state index in [4.69, 9.17) is 23.2 Å². The predicted molar refractivity (Wildman–Crippen MR) is 84.6 cm³/mol. The van der Waals surface area contributed by atoms with Crippen molar-refractivity contribution in [1.82, 2.24) is 0 Å². The molecule has 116 valence electrons. The maximum Gasteiger partial charge on any atom is 0.226 e. The zero-order valence-electron chi connectivity index (χ0n) is 11.3. The highest BCUT2D eigenvalue weighted by molar-refractivity contribution is 6.35. The van der Waals surface area contributed by atoms with Crippen molar-refractivity contribution in [2.45, 2.75) is 6.42 Å². The van der Waals surface area contributed by atoms with Crippen LogP contribution in [0, 0.1) is 11.6 Å². The fourth-order valence-corrected chi connectivity index (χ4v) is 2.12. The largest absolute Gasteiger partial charge is 0.383 e. The Labute approximate surface area is 136 Å². The summed E-state index contributed by atoms with van der Waals surface area (Å²) >= 11 is 11.8. The summed E-state index contributed by atoms with van der Waals surface area (Å²) in [4.78, 5) is 11.7. The number of carbonyl (C=O) groups excluding carboxylic acids is 1. The SMILES string of the molecule is O=C(CCNc1cc(Cl)ccc1Cl)Nc1c(F)cccc1F. The maximum atomic E-state index is 13.4. The van der Waals surface area contributed by atoms with E-state index < -0.39 is 23.2 Å². The summed E-state index contributed by atoms with van der Waals surface area (Å²) in [6.45, 7) is 0.238. The highest BCUT2D eigenvalue weighted by atomic mass is 35.5. The predicted octanol–water partition coefficient (Wildman–Crippen LogP) is 4.71. The first-order valence-electron chi connectivity index (χ1n) is 6.40. The Bertz CT molecular complexity index is 675. The van der Waals surface area contributed by atoms with Gasteiger partial charge in [-0.25, -0.2) is 8.78 Å². The van der Waals surface area contributed by atoms with Crippen LogP contribution in [0.2, 0.25) is 10.0 Å². The molecule has 7 heteroatoms. The van der Waals surface area contributed by atoms with Gasteiger partial charge in [0.05, 0.1) is 10.7 Å². The zero-order valence-corrected chi connectivity index (χ0v) is 12.8. The number of anilines is 2. The number of rotatable bonds is 5. The lowest BCUT2D eigenvalue weighted by Gasteiger charge is -2.10. The molecule has 0 bridgehead atoms. The number of hydrogen-bond donors (Lipinski definition) is 2. The van der Waals surface area contributed by atoms with E-state index in [9.17, 15) is 13.6 Å². The van der Waals surface area contributed by atoms with Crippen LogP contribution in [0.3, 0.4) is 0 Å². The number of carbonyl (C=O) groups is 1. The van der Waals surface area contributed by atoms with E-state index in [0.29, 0.717) is 15.7 Å². The number of para-hydroxylation sites is 1. The van der Waals surface area contributed by atoms with E-state index in [2.05, 4.69) is 10.6 Å². The van der Waals surface area contributed by atoms with Crippen LogP contribution in [0.4, 0.5) is 20.2 Å². The molecular weight excluding hydrogens is 333 g/mol. The van der Waals surface area contributed by atoms with Crippen LogP contribution >= 0.6 is 23.2 Å². The van der Waals surface area contributed by atoms with Crippen LogP contribution in [0.15, 0.2) is 36.4 Å². The molecule has 0 spiro atoms. The number of halogens is 4. The Morgan fingerprint density at radius 3 is 2.45 bits per heavy atom. The monoisotopic (exact) mass is 344 g/mol. The molecule has 0 radical (unpaired) electrons. The molecule has 0 saturated carbocycles. The van der Waals surface area contributed by atoms with Gasteiger partial charge in [-0.2, -0.15) is 0 Å². The standard InChI is InChI=1S/C15H12Cl2F2N2O/c16-9-4-5-10(17)13(8-9)20-7-6-14(22)21-15-11(18)2-1-3-12(15)19/h1-5,8,20H,6-7H2,(H,21,22). The summed E-state index contributed by atoms with van der Waals surface area (Å²) in [5.41, 5.74) is 0.132. The van der Waals surface area contributed by atoms with Gasteiger partial charge in [0.15, 0.2) is 0 Å². The second-order valence-corrected chi connectivity index (χ2v) is 5.29. The molecule has 2 aromatic rings. The normalized spacial score (nSPS) is 10.4. The van der Waals surface area contributed by atoms with Crippen LogP contribution in [-0.4, -0.2) is 12.5 Å². The van der Waals surface area contributed by atoms with Gasteiger partial charge in [-0.1, -0.05) is 29.3 Å². The van der Waals surface area contributed by atoms with Crippen molar-refractivity contribution in [3.8, 4) is 0 Å². The Balaban J connectivity index is 1.89. The summed E-state index contributed by atoms with van der Waals surface area (Å²) in [6.07, 6.45) is 0.0105. The van der Waals surface area contributed by atoms with Crippen molar-refractivity contribution < 1.29 is 13.6 Å². The van der Waals surface area contributed by atoms with Gasteiger partial charge < -0.3 is 10.6 Å². The zero-order chi connectivity index (χ0) is 16.1. The first-order chi connectivity index (χ1) is 10.5. The molecule has 1 amide bonds. The molecule has 0 heterocycles. The highest BCUT2D eigenvalue weighted by Crippen LogP contribution is 2.25. The summed E-state index contributed by atoms with van der Waals surface area (Å²) in [6, 6.07) is 8.26. The van der Waals surface area contributed by atoms with E-state index >= 15 is 0 Å². The van der Waals surface area contributed by atoms with Crippen molar-refractivity contribution in [3.63, 3.8) is 0 Å². The summed E-state index contributed by atoms with van der Waals surface area (Å²) in [5, 5.41) is 6.11. The van der Waals surface area contributed by atoms with Crippen molar-refractivity contribution in [3.05, 3.63) is 58.1 Å². The third-order valence-electron chi connectivity index (χ3n) is 2.82. The van der Waals surface area contributed by atoms with Gasteiger partial charge in [0.2, 0.25) is 5.91 Å². The first kappa shape index (κ1) is 16.5. The smallest absolute Gasteiger partial charge is 0.226 e. The molecule has 0 unspecified atom stereocenters. The Kier molecular flexibility index (Phi) is 5.57. The molecule has 2 aromatic carbocycles. The van der Waals surface area contributed by atoms with Crippen LogP contribution in [-0.2, 0) is 4.79 Å². The van der Waals surface area contributed by atoms with E-state index in [1.807, 2.05) is 0 Å². The lowest BCUT2D eigenvalue weighted by atomic mass is 10.2. The van der Waals surface area contributed by atoms with E-state index in [1.165, 1.54) is 6.07 Å². The minimum absolute atomic E-state index is 0.0105. The molecule has 0 aliphatic rings. The molecule has 22 heavy (non-hydrogen) atoms. The van der Waals surface area contributed by atoms with Crippen molar-refractivity contribution in [2.24, 2.45) is 0 Å². The van der Waals surface area contributed by atoms with E-state index in [1.54, 1.807) is 18.2 Å². The molecule has 0 aliphatic carbocycles. The second kappa shape index (κ2) is 7.42. The van der Waals surface area contributed by atoms with Crippen LogP contribution in [0.25, 0.3) is 0 Å². The van der Waals surface area contributed by atoms with Crippen LogP contribution < -0.4 is 10.6 Å². The van der Waals surface area contributed by atoms with Crippen molar-refractivity contribution in [1.29, 1.82) is 0 Å². The Morgan fingerprint density at radius 1 is 1.09 bits per heavy atom. The minimum Gasteiger partial charge on any atom is -0.383 e. The van der Waals surface area contributed by atoms with Crippen LogP contribution in [0.1, 0.15) is 6.42 Å². The number of benzene rings is 2. The fraction of sp³-hybridized carbons (Fsp3) is 0.133. The Hall–Kier alpha value is -1.85. The molecule has 3 nitrogen and oxygen atoms in total. The lowest BCUT2D eigenvalue weighted by Crippen LogP contribution is -2.18. The average Bonchev–Trinajstić information content (AvgIpc) is 2.47. The second-order valence-electron chi connectivity index (χ2n) is 4.45. The van der Waals surface area contributed by atoms with Crippen molar-refractivity contribution >= 4 is 40.5 Å². The van der Waals surface area contributed by atoms with Gasteiger partial charge in [-0.15, -0.1) is 0 Å². The fourth-order valence-electron chi connectivity index (χ4n) is 1.76. The van der Waals surface area contributed by atoms with E-state index in [-0.39, 0.29) is 13.0 Å². The minimum atomic E-state index is -0.820. The summed E-state index contributed by atoms with van der Waals surface area (Å²) < 4.78 is 26.8. The summed E-state index contributed by atoms with van der Waals surface area (Å²) in [7, 11) is 0. The molecule has 0 aromatic heterocycles. The quantitative estimate of drug-likeness (QED) is 0.824. The molecule has 2 N–H and O–H groups in total. The number of amides is 1. The molecule has 0 saturated heterocycles. The molecule has 2 rings (SSSR count). The third-order valence-corrected chi connectivity index (χ3v) is 3.39. The molecule has 0 fully saturated rings. The first-order valence-corrected chi connectivity index (χ1v) is 7.16. The van der Waals surface area contributed by atoms with Gasteiger partial charge >= 0.3 is 0 Å². The van der Waals surface area contributed by atoms with Gasteiger partial charge in [0.25, 0.3) is 0 Å². The third kappa shape index (κ3) is 4.32. The van der Waals surface area contributed by atoms with Crippen molar-refractivity contribution in [2.75, 3.05) is 17.2 Å². The van der Waals surface area contributed by atoms with Gasteiger partial charge in [0, 0.05) is 18.0 Å². The van der Waals surface area contributed by atoms with Gasteiger partial charge in [-0.05, 0) is 30.3 Å².